The molecule has 1 aromatic carbocycles. The van der Waals surface area contributed by atoms with Crippen molar-refractivity contribution >= 4 is 11.4 Å². The molecule has 108 valence electrons. The summed E-state index contributed by atoms with van der Waals surface area (Å²) in [6.07, 6.45) is 1.30. The molecule has 0 radical (unpaired) electrons. The minimum absolute atomic E-state index is 1.03. The average Bonchev–Trinajstić information content (AvgIpc) is 2.37. The van der Waals surface area contributed by atoms with Crippen LogP contribution in [0.1, 0.15) is 23.1 Å². The summed E-state index contributed by atoms with van der Waals surface area (Å²) >= 11 is 0. The highest BCUT2D eigenvalue weighted by atomic mass is 15.4. The molecular weight excluding hydrogens is 248 g/mol. The third-order valence-electron chi connectivity index (χ3n) is 4.89. The molecule has 1 fully saturated rings. The van der Waals surface area contributed by atoms with E-state index < -0.39 is 0 Å². The van der Waals surface area contributed by atoms with E-state index in [0.717, 1.165) is 26.4 Å². The van der Waals surface area contributed by atoms with Crippen molar-refractivity contribution in [3.63, 3.8) is 0 Å². The van der Waals surface area contributed by atoms with E-state index in [0.29, 0.717) is 0 Å². The topological polar surface area (TPSA) is 13.0 Å². The fourth-order valence-electron chi connectivity index (χ4n) is 4.30. The first-order chi connectivity index (χ1) is 9.63. The van der Waals surface area contributed by atoms with E-state index in [2.05, 4.69) is 46.7 Å². The van der Waals surface area contributed by atoms with Gasteiger partial charge in [-0.3, -0.25) is 9.80 Å². The Morgan fingerprint density at radius 2 is 1.85 bits per heavy atom. The summed E-state index contributed by atoms with van der Waals surface area (Å²) in [5.41, 5.74) is 7.56. The van der Waals surface area contributed by atoms with Gasteiger partial charge < -0.3 is 9.80 Å². The Morgan fingerprint density at radius 1 is 1.00 bits per heavy atom. The van der Waals surface area contributed by atoms with Gasteiger partial charge in [-0.15, -0.1) is 0 Å². The molecule has 3 heterocycles. The van der Waals surface area contributed by atoms with Crippen LogP contribution < -0.4 is 9.80 Å². The molecule has 4 nitrogen and oxygen atoms in total. The summed E-state index contributed by atoms with van der Waals surface area (Å²) in [5.74, 6) is 0. The Labute approximate surface area is 121 Å². The lowest BCUT2D eigenvalue weighted by Crippen LogP contribution is -2.49. The van der Waals surface area contributed by atoms with Crippen molar-refractivity contribution in [2.75, 3.05) is 50.3 Å². The van der Waals surface area contributed by atoms with Gasteiger partial charge in [0.2, 0.25) is 0 Å². The Kier molecular flexibility index (Phi) is 2.72. The first kappa shape index (κ1) is 12.5. The maximum atomic E-state index is 2.59. The Hall–Kier alpha value is -1.26. The van der Waals surface area contributed by atoms with Crippen LogP contribution >= 0.6 is 0 Å². The maximum Gasteiger partial charge on any atom is 0.0710 e. The van der Waals surface area contributed by atoms with E-state index in [1.807, 2.05) is 0 Å². The summed E-state index contributed by atoms with van der Waals surface area (Å²) in [4.78, 5) is 10.0. The highest BCUT2D eigenvalue weighted by Gasteiger charge is 2.32. The second-order valence-corrected chi connectivity index (χ2v) is 6.69. The second-order valence-electron chi connectivity index (χ2n) is 6.69. The fraction of sp³-hybridized carbons (Fsp3) is 0.625. The van der Waals surface area contributed by atoms with Crippen molar-refractivity contribution < 1.29 is 0 Å². The van der Waals surface area contributed by atoms with E-state index in [9.17, 15) is 0 Å². The van der Waals surface area contributed by atoms with Gasteiger partial charge in [-0.1, -0.05) is 6.07 Å². The van der Waals surface area contributed by atoms with Crippen LogP contribution in [0.25, 0.3) is 0 Å². The predicted molar refractivity (Wildman–Crippen MR) is 83.2 cm³/mol. The summed E-state index contributed by atoms with van der Waals surface area (Å²) in [6, 6.07) is 2.42. The van der Waals surface area contributed by atoms with E-state index in [1.54, 1.807) is 5.56 Å². The number of aryl methyl sites for hydroxylation is 1. The van der Waals surface area contributed by atoms with Gasteiger partial charge in [-0.05, 0) is 31.5 Å². The van der Waals surface area contributed by atoms with Gasteiger partial charge in [0.1, 0.15) is 0 Å². The smallest absolute Gasteiger partial charge is 0.0710 e. The number of nitrogens with zero attached hydrogens (tertiary/aromatic N) is 4. The molecule has 3 aliphatic heterocycles. The van der Waals surface area contributed by atoms with Crippen LogP contribution in [0.3, 0.4) is 0 Å². The Balaban J connectivity index is 1.90. The zero-order valence-electron chi connectivity index (χ0n) is 12.8. The quantitative estimate of drug-likeness (QED) is 0.714. The number of hydrogen-bond donors (Lipinski definition) is 0. The number of hydrogen-bond acceptors (Lipinski definition) is 4. The summed E-state index contributed by atoms with van der Waals surface area (Å²) in [6.45, 7) is 9.11. The molecule has 0 amide bonds. The first-order valence-electron chi connectivity index (χ1n) is 7.66. The molecule has 0 spiro atoms. The molecule has 3 aliphatic rings. The molecule has 0 aliphatic carbocycles. The van der Waals surface area contributed by atoms with Crippen molar-refractivity contribution in [1.29, 1.82) is 0 Å². The molecule has 0 N–H and O–H groups in total. The molecular formula is C16H24N4. The highest BCUT2D eigenvalue weighted by Crippen LogP contribution is 2.42. The Bertz CT molecular complexity index is 554. The van der Waals surface area contributed by atoms with Crippen LogP contribution in [0.2, 0.25) is 0 Å². The summed E-state index contributed by atoms with van der Waals surface area (Å²) in [7, 11) is 4.44. The molecule has 1 atom stereocenters. The Morgan fingerprint density at radius 3 is 2.70 bits per heavy atom. The lowest BCUT2D eigenvalue weighted by atomic mass is 9.94. The molecule has 1 unspecified atom stereocenters. The summed E-state index contributed by atoms with van der Waals surface area (Å²) in [5, 5.41) is 0. The van der Waals surface area contributed by atoms with Gasteiger partial charge in [0.05, 0.1) is 13.3 Å². The van der Waals surface area contributed by atoms with Crippen LogP contribution in [-0.4, -0.2) is 50.3 Å². The molecule has 20 heavy (non-hydrogen) atoms. The van der Waals surface area contributed by atoms with Gasteiger partial charge in [-0.25, -0.2) is 0 Å². The van der Waals surface area contributed by atoms with Crippen molar-refractivity contribution in [3.8, 4) is 0 Å². The van der Waals surface area contributed by atoms with Crippen molar-refractivity contribution in [2.24, 2.45) is 0 Å². The minimum Gasteiger partial charge on any atom is -0.361 e. The SMILES string of the molecule is Cc1cc2c(c3c1N1CCCN(C3)C1)N(C)CN(C)C2. The van der Waals surface area contributed by atoms with Gasteiger partial charge in [0.25, 0.3) is 0 Å². The zero-order valence-corrected chi connectivity index (χ0v) is 12.8. The molecule has 0 saturated carbocycles. The normalized spacial score (nSPS) is 25.4. The van der Waals surface area contributed by atoms with Crippen LogP contribution in [0.4, 0.5) is 11.4 Å². The van der Waals surface area contributed by atoms with E-state index >= 15 is 0 Å². The molecule has 1 saturated heterocycles. The van der Waals surface area contributed by atoms with Crippen LogP contribution in [-0.2, 0) is 13.1 Å². The maximum absolute atomic E-state index is 2.59. The predicted octanol–water partition coefficient (Wildman–Crippen LogP) is 1.82. The molecule has 0 aromatic heterocycles. The lowest BCUT2D eigenvalue weighted by Gasteiger charge is -2.46. The average molecular weight is 272 g/mol. The third-order valence-corrected chi connectivity index (χ3v) is 4.89. The first-order valence-corrected chi connectivity index (χ1v) is 7.66. The number of benzene rings is 1. The largest absolute Gasteiger partial charge is 0.361 e. The fourth-order valence-corrected chi connectivity index (χ4v) is 4.30. The second kappa shape index (κ2) is 4.37. The van der Waals surface area contributed by atoms with E-state index in [4.69, 9.17) is 0 Å². The monoisotopic (exact) mass is 272 g/mol. The highest BCUT2D eigenvalue weighted by molar-refractivity contribution is 5.75. The molecule has 2 bridgehead atoms. The third kappa shape index (κ3) is 1.75. The van der Waals surface area contributed by atoms with E-state index in [-0.39, 0.29) is 0 Å². The van der Waals surface area contributed by atoms with Crippen LogP contribution in [0, 0.1) is 6.92 Å². The minimum atomic E-state index is 1.03. The lowest BCUT2D eigenvalue weighted by molar-refractivity contribution is 0.219. The van der Waals surface area contributed by atoms with Crippen LogP contribution in [0.15, 0.2) is 6.07 Å². The van der Waals surface area contributed by atoms with E-state index in [1.165, 1.54) is 42.0 Å². The molecule has 1 aromatic rings. The van der Waals surface area contributed by atoms with Crippen molar-refractivity contribution in [1.82, 2.24) is 9.80 Å². The van der Waals surface area contributed by atoms with Gasteiger partial charge >= 0.3 is 0 Å². The summed E-state index contributed by atoms with van der Waals surface area (Å²) < 4.78 is 0. The standard InChI is InChI=1S/C16H24N4/c1-12-7-13-8-17(2)10-18(3)16(13)14-9-19-5-4-6-20(11-19)15(12)14/h7H,4-6,8-11H2,1-3H3. The van der Waals surface area contributed by atoms with Gasteiger partial charge in [0.15, 0.2) is 0 Å². The van der Waals surface area contributed by atoms with Gasteiger partial charge in [0, 0.05) is 50.2 Å². The number of fused-ring (bicyclic) bond motifs is 6. The number of rotatable bonds is 0. The van der Waals surface area contributed by atoms with Crippen molar-refractivity contribution in [2.45, 2.75) is 26.4 Å². The van der Waals surface area contributed by atoms with Crippen molar-refractivity contribution in [3.05, 3.63) is 22.8 Å². The van der Waals surface area contributed by atoms with Gasteiger partial charge in [-0.2, -0.15) is 0 Å². The molecule has 4 heteroatoms. The van der Waals surface area contributed by atoms with Crippen LogP contribution in [0.5, 0.6) is 0 Å². The number of anilines is 2. The molecule has 4 rings (SSSR count). The zero-order chi connectivity index (χ0) is 13.9.